The van der Waals surface area contributed by atoms with Gasteiger partial charge in [-0.15, -0.1) is 0 Å². The number of amides is 1. The highest BCUT2D eigenvalue weighted by atomic mass is 16.3. The van der Waals surface area contributed by atoms with Gasteiger partial charge in [-0.3, -0.25) is 4.79 Å². The Bertz CT molecular complexity index is 802. The van der Waals surface area contributed by atoms with Gasteiger partial charge < -0.3 is 20.8 Å². The molecule has 0 saturated carbocycles. The van der Waals surface area contributed by atoms with Crippen LogP contribution in [0.4, 0.5) is 0 Å². The quantitative estimate of drug-likeness (QED) is 0.475. The summed E-state index contributed by atoms with van der Waals surface area (Å²) < 4.78 is 0. The van der Waals surface area contributed by atoms with Crippen molar-refractivity contribution in [1.29, 1.82) is 0 Å². The Kier molecular flexibility index (Phi) is 8.72. The van der Waals surface area contributed by atoms with Crippen molar-refractivity contribution >= 4 is 12.0 Å². The Morgan fingerprint density at radius 2 is 2.04 bits per heavy atom. The van der Waals surface area contributed by atoms with Gasteiger partial charge in [-0.1, -0.05) is 37.3 Å². The maximum absolute atomic E-state index is 12.1. The lowest BCUT2D eigenvalue weighted by Crippen LogP contribution is -2.23. The van der Waals surface area contributed by atoms with Crippen molar-refractivity contribution in [2.24, 2.45) is 0 Å². The van der Waals surface area contributed by atoms with Gasteiger partial charge in [0.25, 0.3) is 0 Å². The minimum Gasteiger partial charge on any atom is -0.508 e. The fraction of sp³-hybridized carbons (Fsp3) is 0.348. The second-order valence-corrected chi connectivity index (χ2v) is 6.84. The zero-order valence-corrected chi connectivity index (χ0v) is 16.6. The van der Waals surface area contributed by atoms with Crippen LogP contribution in [0, 0.1) is 0 Å². The van der Waals surface area contributed by atoms with Crippen molar-refractivity contribution in [1.82, 2.24) is 10.6 Å². The topological polar surface area (TPSA) is 81.6 Å². The molecule has 0 aliphatic rings. The first-order valence-corrected chi connectivity index (χ1v) is 9.69. The molecular formula is C23H30N2O3. The van der Waals surface area contributed by atoms with Gasteiger partial charge in [0.2, 0.25) is 5.91 Å². The lowest BCUT2D eigenvalue weighted by atomic mass is 9.92. The third-order valence-electron chi connectivity index (χ3n) is 4.79. The number of aliphatic hydroxyl groups excluding tert-OH is 1. The summed E-state index contributed by atoms with van der Waals surface area (Å²) in [6.07, 6.45) is 5.05. The van der Waals surface area contributed by atoms with Gasteiger partial charge in [-0.2, -0.15) is 0 Å². The number of hydrogen-bond acceptors (Lipinski definition) is 4. The number of aliphatic hydroxyl groups is 1. The van der Waals surface area contributed by atoms with Crippen LogP contribution in [0.1, 0.15) is 47.9 Å². The number of carbonyl (C=O) groups is 1. The number of nitrogens with one attached hydrogen (secondary N) is 2. The standard InChI is InChI=1S/C23H30N2O3/c1-3-19(20-6-4-5-18(14-20)15-24-2)11-12-25-23(28)10-8-17-7-9-22(27)21(13-17)16-26/h4-10,13-14,19,24,26-27H,3,11-12,15-16H2,1-2H3,(H,25,28)/b10-8+. The highest BCUT2D eigenvalue weighted by Gasteiger charge is 2.10. The number of phenols is 1. The highest BCUT2D eigenvalue weighted by molar-refractivity contribution is 5.91. The molecule has 1 atom stereocenters. The van der Waals surface area contributed by atoms with Crippen LogP contribution in [-0.4, -0.2) is 29.7 Å². The van der Waals surface area contributed by atoms with Crippen LogP contribution in [0.2, 0.25) is 0 Å². The second kappa shape index (κ2) is 11.3. The molecule has 0 fully saturated rings. The summed E-state index contributed by atoms with van der Waals surface area (Å²) in [5.41, 5.74) is 3.76. The summed E-state index contributed by atoms with van der Waals surface area (Å²) in [4.78, 5) is 12.1. The van der Waals surface area contributed by atoms with Gasteiger partial charge in [0.05, 0.1) is 6.61 Å². The van der Waals surface area contributed by atoms with Crippen LogP contribution in [-0.2, 0) is 17.9 Å². The molecule has 5 heteroatoms. The Morgan fingerprint density at radius 3 is 2.75 bits per heavy atom. The first kappa shape index (κ1) is 21.7. The minimum absolute atomic E-state index is 0.0495. The van der Waals surface area contributed by atoms with Crippen LogP contribution in [0.15, 0.2) is 48.5 Å². The van der Waals surface area contributed by atoms with Gasteiger partial charge in [-0.05, 0) is 60.7 Å². The van der Waals surface area contributed by atoms with Crippen molar-refractivity contribution < 1.29 is 15.0 Å². The maximum atomic E-state index is 12.1. The summed E-state index contributed by atoms with van der Waals surface area (Å²) in [7, 11) is 1.94. The van der Waals surface area contributed by atoms with Crippen LogP contribution < -0.4 is 10.6 Å². The van der Waals surface area contributed by atoms with Crippen molar-refractivity contribution in [3.05, 3.63) is 70.8 Å². The van der Waals surface area contributed by atoms with E-state index in [9.17, 15) is 15.0 Å². The fourth-order valence-electron chi connectivity index (χ4n) is 3.20. The third-order valence-corrected chi connectivity index (χ3v) is 4.79. The maximum Gasteiger partial charge on any atom is 0.243 e. The molecule has 0 aromatic heterocycles. The monoisotopic (exact) mass is 382 g/mol. The smallest absolute Gasteiger partial charge is 0.243 e. The van der Waals surface area contributed by atoms with E-state index in [0.29, 0.717) is 18.0 Å². The molecule has 28 heavy (non-hydrogen) atoms. The summed E-state index contributed by atoms with van der Waals surface area (Å²) >= 11 is 0. The van der Waals surface area contributed by atoms with Gasteiger partial charge in [0, 0.05) is 24.7 Å². The number of hydrogen-bond donors (Lipinski definition) is 4. The van der Waals surface area contributed by atoms with Crippen LogP contribution >= 0.6 is 0 Å². The van der Waals surface area contributed by atoms with E-state index in [-0.39, 0.29) is 18.3 Å². The predicted molar refractivity (Wildman–Crippen MR) is 113 cm³/mol. The van der Waals surface area contributed by atoms with Gasteiger partial charge >= 0.3 is 0 Å². The lowest BCUT2D eigenvalue weighted by molar-refractivity contribution is -0.116. The molecule has 1 unspecified atom stereocenters. The molecular weight excluding hydrogens is 352 g/mol. The second-order valence-electron chi connectivity index (χ2n) is 6.84. The molecule has 0 saturated heterocycles. The molecule has 2 rings (SSSR count). The Labute approximate surface area is 167 Å². The summed E-state index contributed by atoms with van der Waals surface area (Å²) in [5.74, 6) is 0.302. The Morgan fingerprint density at radius 1 is 1.21 bits per heavy atom. The fourth-order valence-corrected chi connectivity index (χ4v) is 3.20. The van der Waals surface area contributed by atoms with Crippen molar-refractivity contribution in [2.75, 3.05) is 13.6 Å². The molecule has 0 spiro atoms. The summed E-state index contributed by atoms with van der Waals surface area (Å²) in [5, 5.41) is 24.9. The average molecular weight is 383 g/mol. The van der Waals surface area contributed by atoms with Gasteiger partial charge in [-0.25, -0.2) is 0 Å². The first-order valence-electron chi connectivity index (χ1n) is 9.69. The number of aromatic hydroxyl groups is 1. The minimum atomic E-state index is -0.242. The molecule has 0 aliphatic carbocycles. The zero-order chi connectivity index (χ0) is 20.4. The van der Waals surface area contributed by atoms with E-state index >= 15 is 0 Å². The molecule has 0 heterocycles. The van der Waals surface area contributed by atoms with E-state index in [1.165, 1.54) is 23.3 Å². The number of rotatable bonds is 10. The molecule has 150 valence electrons. The third kappa shape index (κ3) is 6.51. The van der Waals surface area contributed by atoms with Crippen LogP contribution in [0.3, 0.4) is 0 Å². The molecule has 4 N–H and O–H groups in total. The normalized spacial score (nSPS) is 12.2. The van der Waals surface area contributed by atoms with Crippen molar-refractivity contribution in [3.63, 3.8) is 0 Å². The molecule has 1 amide bonds. The number of carbonyl (C=O) groups excluding carboxylic acids is 1. The van der Waals surface area contributed by atoms with Crippen molar-refractivity contribution in [3.8, 4) is 5.75 Å². The molecule has 0 bridgehead atoms. The summed E-state index contributed by atoms with van der Waals surface area (Å²) in [6.45, 7) is 3.38. The van der Waals surface area contributed by atoms with E-state index in [4.69, 9.17) is 0 Å². The molecule has 0 radical (unpaired) electrons. The highest BCUT2D eigenvalue weighted by Crippen LogP contribution is 2.24. The number of benzene rings is 2. The summed E-state index contributed by atoms with van der Waals surface area (Å²) in [6, 6.07) is 13.5. The molecule has 2 aromatic rings. The van der Waals surface area contributed by atoms with Crippen molar-refractivity contribution in [2.45, 2.75) is 38.8 Å². The SMILES string of the molecule is CCC(CCNC(=O)/C=C/c1ccc(O)c(CO)c1)c1cccc(CNC)c1. The van der Waals surface area contributed by atoms with Gasteiger partial charge in [0.15, 0.2) is 0 Å². The van der Waals surface area contributed by atoms with E-state index in [1.807, 2.05) is 7.05 Å². The van der Waals surface area contributed by atoms with E-state index in [1.54, 1.807) is 18.2 Å². The molecule has 5 nitrogen and oxygen atoms in total. The van der Waals surface area contributed by atoms with E-state index in [2.05, 4.69) is 41.8 Å². The largest absolute Gasteiger partial charge is 0.508 e. The molecule has 0 aliphatic heterocycles. The molecule has 2 aromatic carbocycles. The zero-order valence-electron chi connectivity index (χ0n) is 16.6. The average Bonchev–Trinajstić information content (AvgIpc) is 2.71. The Hall–Kier alpha value is -2.63. The van der Waals surface area contributed by atoms with Gasteiger partial charge in [0.1, 0.15) is 5.75 Å². The lowest BCUT2D eigenvalue weighted by Gasteiger charge is -2.16. The first-order chi connectivity index (χ1) is 13.6. The van der Waals surface area contributed by atoms with Crippen LogP contribution in [0.5, 0.6) is 5.75 Å². The van der Waals surface area contributed by atoms with E-state index < -0.39 is 0 Å². The Balaban J connectivity index is 1.87. The van der Waals surface area contributed by atoms with Crippen LogP contribution in [0.25, 0.3) is 6.08 Å². The predicted octanol–water partition coefficient (Wildman–Crippen LogP) is 3.32. The van der Waals surface area contributed by atoms with E-state index in [0.717, 1.165) is 24.9 Å².